The summed E-state index contributed by atoms with van der Waals surface area (Å²) in [5.41, 5.74) is 7.10. The van der Waals surface area contributed by atoms with E-state index in [0.717, 1.165) is 11.6 Å². The Labute approximate surface area is 199 Å². The zero-order chi connectivity index (χ0) is 24.9. The maximum absolute atomic E-state index is 12.6. The molecule has 1 aliphatic rings. The number of nitrogens with two attached hydrogens (primary N) is 1. The van der Waals surface area contributed by atoms with Gasteiger partial charge in [0.25, 0.3) is 0 Å². The van der Waals surface area contributed by atoms with Gasteiger partial charge in [0.05, 0.1) is 5.56 Å². The van der Waals surface area contributed by atoms with Crippen LogP contribution in [0.2, 0.25) is 0 Å². The van der Waals surface area contributed by atoms with Gasteiger partial charge >= 0.3 is 11.9 Å². The third-order valence-corrected chi connectivity index (χ3v) is 5.37. The fraction of sp³-hybridized carbons (Fsp3) is 0.192. The molecular weight excluding hydrogens is 454 g/mol. The van der Waals surface area contributed by atoms with Gasteiger partial charge in [-0.25, -0.2) is 0 Å². The summed E-state index contributed by atoms with van der Waals surface area (Å²) in [6.07, 6.45) is -0.375. The molecule has 4 rings (SSSR count). The van der Waals surface area contributed by atoms with Crippen LogP contribution in [0, 0.1) is 0 Å². The third-order valence-electron chi connectivity index (χ3n) is 5.37. The van der Waals surface area contributed by atoms with Crippen molar-refractivity contribution < 1.29 is 37.9 Å². The van der Waals surface area contributed by atoms with E-state index in [2.05, 4.69) is 0 Å². The summed E-state index contributed by atoms with van der Waals surface area (Å²) >= 11 is 0. The molecule has 2 N–H and O–H groups in total. The molecule has 0 radical (unpaired) electrons. The molecule has 1 heterocycles. The molecule has 1 atom stereocenters. The van der Waals surface area contributed by atoms with Crippen LogP contribution in [0.4, 0.5) is 0 Å². The number of rotatable bonds is 9. The molecule has 178 valence electrons. The Balaban J connectivity index is 1.25. The number of Topliss-reactive ketones (excluding diaryl/α,β-unsaturated/α-hetero) is 1. The molecule has 1 unspecified atom stereocenters. The second kappa shape index (κ2) is 10.3. The molecule has 0 aliphatic heterocycles. The number of carbonyl (C=O) groups excluding carboxylic acids is 5. The van der Waals surface area contributed by atoms with Crippen LogP contribution in [0.25, 0.3) is 0 Å². The van der Waals surface area contributed by atoms with Crippen molar-refractivity contribution in [2.75, 3.05) is 13.2 Å². The second-order valence-electron chi connectivity index (χ2n) is 7.84. The highest BCUT2D eigenvalue weighted by atomic mass is 16.6. The van der Waals surface area contributed by atoms with E-state index in [9.17, 15) is 24.0 Å². The van der Waals surface area contributed by atoms with Crippen LogP contribution >= 0.6 is 0 Å². The van der Waals surface area contributed by atoms with E-state index in [4.69, 9.17) is 19.6 Å². The Hall–Kier alpha value is -4.37. The normalized spacial score (nSPS) is 12.9. The Morgan fingerprint density at radius 2 is 1.46 bits per heavy atom. The molecular formula is C26H21NO8. The Morgan fingerprint density at radius 1 is 0.829 bits per heavy atom. The highest BCUT2D eigenvalue weighted by molar-refractivity contribution is 6.28. The van der Waals surface area contributed by atoms with Crippen molar-refractivity contribution in [2.24, 2.45) is 5.73 Å². The minimum absolute atomic E-state index is 0.0239. The predicted octanol–water partition coefficient (Wildman–Crippen LogP) is 2.28. The Morgan fingerprint density at radius 3 is 2.17 bits per heavy atom. The average molecular weight is 475 g/mol. The predicted molar refractivity (Wildman–Crippen MR) is 121 cm³/mol. The van der Waals surface area contributed by atoms with Crippen molar-refractivity contribution in [3.8, 4) is 0 Å². The summed E-state index contributed by atoms with van der Waals surface area (Å²) < 4.78 is 15.3. The lowest BCUT2D eigenvalue weighted by atomic mass is 9.88. The van der Waals surface area contributed by atoms with Crippen LogP contribution in [0.1, 0.15) is 54.6 Å². The van der Waals surface area contributed by atoms with Crippen molar-refractivity contribution in [3.05, 3.63) is 94.4 Å². The van der Waals surface area contributed by atoms with Gasteiger partial charge in [0.1, 0.15) is 25.7 Å². The van der Waals surface area contributed by atoms with Gasteiger partial charge in [0.15, 0.2) is 17.3 Å². The Bertz CT molecular complexity index is 1260. The molecule has 0 fully saturated rings. The highest BCUT2D eigenvalue weighted by Crippen LogP contribution is 2.30. The first kappa shape index (κ1) is 23.8. The summed E-state index contributed by atoms with van der Waals surface area (Å²) in [5, 5.41) is 0. The maximum atomic E-state index is 12.6. The minimum Gasteiger partial charge on any atom is -0.462 e. The quantitative estimate of drug-likeness (QED) is 0.167. The van der Waals surface area contributed by atoms with Gasteiger partial charge in [0, 0.05) is 11.1 Å². The lowest BCUT2D eigenvalue weighted by Crippen LogP contribution is -2.35. The van der Waals surface area contributed by atoms with Crippen molar-refractivity contribution in [2.45, 2.75) is 18.9 Å². The smallest absolute Gasteiger partial charge is 0.323 e. The molecule has 0 amide bonds. The average Bonchev–Trinajstić information content (AvgIpc) is 3.32. The highest BCUT2D eigenvalue weighted by Gasteiger charge is 2.34. The second-order valence-corrected chi connectivity index (χ2v) is 7.84. The van der Waals surface area contributed by atoms with Gasteiger partial charge in [0.2, 0.25) is 11.6 Å². The van der Waals surface area contributed by atoms with Gasteiger partial charge in [-0.2, -0.15) is 0 Å². The van der Waals surface area contributed by atoms with Crippen molar-refractivity contribution in [1.29, 1.82) is 0 Å². The first-order valence-corrected chi connectivity index (χ1v) is 10.8. The van der Waals surface area contributed by atoms with Crippen LogP contribution in [0.15, 0.2) is 65.1 Å². The molecule has 9 nitrogen and oxygen atoms in total. The molecule has 0 saturated heterocycles. The van der Waals surface area contributed by atoms with Crippen LogP contribution < -0.4 is 5.73 Å². The van der Waals surface area contributed by atoms with E-state index in [1.54, 1.807) is 12.1 Å². The molecule has 9 heteroatoms. The van der Waals surface area contributed by atoms with Crippen LogP contribution in [-0.4, -0.2) is 48.5 Å². The lowest BCUT2D eigenvalue weighted by molar-refractivity contribution is -0.152. The number of fused-ring (bicyclic) bond motifs is 2. The zero-order valence-corrected chi connectivity index (χ0v) is 18.5. The van der Waals surface area contributed by atoms with Crippen LogP contribution in [0.3, 0.4) is 0 Å². The van der Waals surface area contributed by atoms with Gasteiger partial charge in [-0.3, -0.25) is 24.0 Å². The largest absolute Gasteiger partial charge is 0.462 e. The van der Waals surface area contributed by atoms with Gasteiger partial charge in [-0.1, -0.05) is 54.6 Å². The topological polar surface area (TPSA) is 143 Å². The number of ketones is 3. The van der Waals surface area contributed by atoms with Crippen LogP contribution in [-0.2, 0) is 25.5 Å². The summed E-state index contributed by atoms with van der Waals surface area (Å²) in [5.74, 6) is -3.75. The minimum atomic E-state index is -0.880. The molecule has 35 heavy (non-hydrogen) atoms. The molecule has 0 spiro atoms. The summed E-state index contributed by atoms with van der Waals surface area (Å²) in [6, 6.07) is 15.8. The first-order valence-electron chi connectivity index (χ1n) is 10.8. The SMILES string of the molecule is NC(Cc1ccccc1)C(=O)OCCOC(=O)CC(=O)c1cc2c(o1)C(=O)c1ccccc1C2=O. The summed E-state index contributed by atoms with van der Waals surface area (Å²) in [7, 11) is 0. The number of hydrogen-bond acceptors (Lipinski definition) is 9. The third kappa shape index (κ3) is 5.25. The standard InChI is InChI=1S/C26H21NO8/c27-19(12-15-6-2-1-3-7-15)26(32)34-11-10-33-22(29)14-20(28)21-13-18-23(30)16-8-4-5-9-17(16)24(31)25(18)35-21/h1-9,13,19H,10-12,14,27H2. The molecule has 0 bridgehead atoms. The van der Waals surface area contributed by atoms with Gasteiger partial charge in [-0.05, 0) is 18.1 Å². The summed E-state index contributed by atoms with van der Waals surface area (Å²) in [6.45, 7) is -0.492. The van der Waals surface area contributed by atoms with Gasteiger partial charge < -0.3 is 19.6 Å². The molecule has 3 aromatic rings. The summed E-state index contributed by atoms with van der Waals surface area (Å²) in [4.78, 5) is 61.7. The van der Waals surface area contributed by atoms with Crippen molar-refractivity contribution in [3.63, 3.8) is 0 Å². The van der Waals surface area contributed by atoms with E-state index in [1.807, 2.05) is 30.3 Å². The number of furan rings is 1. The van der Waals surface area contributed by atoms with Crippen LogP contribution in [0.5, 0.6) is 0 Å². The van der Waals surface area contributed by atoms with Crippen molar-refractivity contribution >= 4 is 29.3 Å². The maximum Gasteiger partial charge on any atom is 0.323 e. The number of hydrogen-bond donors (Lipinski definition) is 1. The fourth-order valence-corrected chi connectivity index (χ4v) is 3.64. The first-order chi connectivity index (χ1) is 16.8. The zero-order valence-electron chi connectivity index (χ0n) is 18.5. The van der Waals surface area contributed by atoms with Crippen molar-refractivity contribution in [1.82, 2.24) is 0 Å². The lowest BCUT2D eigenvalue weighted by Gasteiger charge is -2.11. The molecule has 2 aromatic carbocycles. The Kier molecular flexibility index (Phi) is 6.98. The monoisotopic (exact) mass is 475 g/mol. The number of carbonyl (C=O) groups is 5. The fourth-order valence-electron chi connectivity index (χ4n) is 3.64. The molecule has 1 aliphatic carbocycles. The number of ether oxygens (including phenoxy) is 2. The number of benzene rings is 2. The van der Waals surface area contributed by atoms with Gasteiger partial charge in [-0.15, -0.1) is 0 Å². The number of esters is 2. The van der Waals surface area contributed by atoms with E-state index in [0.29, 0.717) is 6.42 Å². The van der Waals surface area contributed by atoms with E-state index in [-0.39, 0.29) is 41.4 Å². The molecule has 0 saturated carbocycles. The van der Waals surface area contributed by atoms with E-state index < -0.39 is 41.8 Å². The van der Waals surface area contributed by atoms with E-state index >= 15 is 0 Å². The van der Waals surface area contributed by atoms with E-state index in [1.165, 1.54) is 12.1 Å². The molecule has 1 aromatic heterocycles.